The van der Waals surface area contributed by atoms with Crippen molar-refractivity contribution in [2.24, 2.45) is 21.3 Å². The third-order valence-corrected chi connectivity index (χ3v) is 6.03. The Labute approximate surface area is 140 Å². The van der Waals surface area contributed by atoms with Crippen LogP contribution in [-0.4, -0.2) is 22.5 Å². The molecule has 1 spiro atoms. The molecule has 1 fully saturated rings. The van der Waals surface area contributed by atoms with Crippen molar-refractivity contribution >= 4 is 28.5 Å². The maximum absolute atomic E-state index is 12.8. The Morgan fingerprint density at radius 3 is 2.83 bits per heavy atom. The molecule has 3 aliphatic rings. The van der Waals surface area contributed by atoms with Gasteiger partial charge in [0, 0.05) is 5.56 Å². The van der Waals surface area contributed by atoms with Crippen LogP contribution < -0.4 is 0 Å². The highest BCUT2D eigenvalue weighted by molar-refractivity contribution is 8.14. The van der Waals surface area contributed by atoms with Crippen LogP contribution in [-0.2, 0) is 11.2 Å². The van der Waals surface area contributed by atoms with Crippen molar-refractivity contribution < 1.29 is 4.79 Å². The van der Waals surface area contributed by atoms with Gasteiger partial charge in [0.25, 0.3) is 5.91 Å². The van der Waals surface area contributed by atoms with Crippen LogP contribution in [0.3, 0.4) is 0 Å². The number of thioether (sulfide) groups is 1. The van der Waals surface area contributed by atoms with Crippen LogP contribution >= 0.6 is 11.8 Å². The van der Waals surface area contributed by atoms with E-state index < -0.39 is 0 Å². The van der Waals surface area contributed by atoms with Gasteiger partial charge in [-0.05, 0) is 30.2 Å². The fraction of sp³-hybridized carbons (Fsp3) is 0.421. The number of carbonyl (C=O) groups is 1. The van der Waals surface area contributed by atoms with E-state index in [1.54, 1.807) is 0 Å². The van der Waals surface area contributed by atoms with Crippen LogP contribution in [0.5, 0.6) is 0 Å². The van der Waals surface area contributed by atoms with Gasteiger partial charge in [-0.1, -0.05) is 54.8 Å². The molecule has 116 valence electrons. The van der Waals surface area contributed by atoms with Crippen molar-refractivity contribution in [2.75, 3.05) is 5.75 Å². The number of benzene rings is 1. The number of hydrogen-bond acceptors (Lipinski definition) is 3. The minimum Gasteiger partial charge on any atom is -0.272 e. The van der Waals surface area contributed by atoms with Gasteiger partial charge < -0.3 is 0 Å². The van der Waals surface area contributed by atoms with E-state index in [1.807, 2.05) is 6.07 Å². The number of carbonyl (C=O) groups excluding carboxylic acids is 1. The lowest BCUT2D eigenvalue weighted by molar-refractivity contribution is -0.123. The summed E-state index contributed by atoms with van der Waals surface area (Å²) >= 11 is 1.37. The molecule has 23 heavy (non-hydrogen) atoms. The maximum Gasteiger partial charge on any atom is 0.257 e. The summed E-state index contributed by atoms with van der Waals surface area (Å²) in [6, 6.07) is 8.37. The largest absolute Gasteiger partial charge is 0.272 e. The molecular weight excluding hydrogens is 304 g/mol. The smallest absolute Gasteiger partial charge is 0.257 e. The molecule has 1 aliphatic heterocycles. The van der Waals surface area contributed by atoms with Crippen molar-refractivity contribution in [3.8, 4) is 12.3 Å². The molecule has 1 aromatic rings. The van der Waals surface area contributed by atoms with Gasteiger partial charge in [-0.15, -0.1) is 6.42 Å². The second-order valence-corrected chi connectivity index (χ2v) is 7.50. The lowest BCUT2D eigenvalue weighted by Crippen LogP contribution is -2.46. The van der Waals surface area contributed by atoms with Crippen molar-refractivity contribution in [3.63, 3.8) is 0 Å². The minimum atomic E-state index is -0.171. The number of hydrogen-bond donors (Lipinski definition) is 0. The van der Waals surface area contributed by atoms with E-state index in [-0.39, 0.29) is 17.2 Å². The average molecular weight is 322 g/mol. The molecule has 3 nitrogen and oxygen atoms in total. The maximum atomic E-state index is 12.8. The van der Waals surface area contributed by atoms with Crippen LogP contribution in [0.2, 0.25) is 0 Å². The first-order valence-electron chi connectivity index (χ1n) is 8.09. The number of amidine groups is 1. The van der Waals surface area contributed by atoms with E-state index >= 15 is 0 Å². The van der Waals surface area contributed by atoms with Gasteiger partial charge in [-0.2, -0.15) is 4.99 Å². The quantitative estimate of drug-likeness (QED) is 0.743. The second-order valence-electron chi connectivity index (χ2n) is 6.56. The van der Waals surface area contributed by atoms with Crippen LogP contribution in [0.1, 0.15) is 36.8 Å². The summed E-state index contributed by atoms with van der Waals surface area (Å²) in [5.41, 5.74) is 3.39. The Hall–Kier alpha value is -1.86. The number of fused-ring (bicyclic) bond motifs is 4. The van der Waals surface area contributed by atoms with Crippen molar-refractivity contribution in [2.45, 2.75) is 32.1 Å². The summed E-state index contributed by atoms with van der Waals surface area (Å²) in [5.74, 6) is 2.86. The molecular formula is C19H18N2OS. The number of terminal acetylenes is 1. The zero-order chi connectivity index (χ0) is 15.9. The third-order valence-electron chi connectivity index (χ3n) is 5.27. The molecule has 1 unspecified atom stereocenters. The van der Waals surface area contributed by atoms with Gasteiger partial charge in [0.05, 0.1) is 17.4 Å². The van der Waals surface area contributed by atoms with Crippen LogP contribution in [0, 0.1) is 23.7 Å². The summed E-state index contributed by atoms with van der Waals surface area (Å²) in [6.45, 7) is 0. The minimum absolute atomic E-state index is 0.0223. The molecule has 0 aromatic heterocycles. The van der Waals surface area contributed by atoms with E-state index in [2.05, 4.69) is 29.1 Å². The van der Waals surface area contributed by atoms with Gasteiger partial charge in [-0.3, -0.25) is 4.79 Å². The molecule has 0 N–H and O–H groups in total. The molecule has 1 heterocycles. The summed E-state index contributed by atoms with van der Waals surface area (Å²) < 4.78 is 0. The molecule has 1 aromatic carbocycles. The van der Waals surface area contributed by atoms with Crippen LogP contribution in [0.15, 0.2) is 34.3 Å². The fourth-order valence-corrected chi connectivity index (χ4v) is 4.89. The monoisotopic (exact) mass is 322 g/mol. The zero-order valence-electron chi connectivity index (χ0n) is 12.9. The van der Waals surface area contributed by atoms with E-state index in [0.29, 0.717) is 10.9 Å². The molecule has 4 heteroatoms. The van der Waals surface area contributed by atoms with Crippen molar-refractivity contribution in [1.82, 2.24) is 0 Å². The molecule has 0 radical (unpaired) electrons. The van der Waals surface area contributed by atoms with E-state index in [0.717, 1.165) is 30.5 Å². The number of aliphatic imine (C=N–C) groups is 2. The first kappa shape index (κ1) is 14.7. The summed E-state index contributed by atoms with van der Waals surface area (Å²) in [7, 11) is 0. The highest BCUT2D eigenvalue weighted by Crippen LogP contribution is 2.52. The number of rotatable bonds is 1. The van der Waals surface area contributed by atoms with Gasteiger partial charge >= 0.3 is 0 Å². The lowest BCUT2D eigenvalue weighted by atomic mass is 9.62. The van der Waals surface area contributed by atoms with Crippen LogP contribution in [0.4, 0.5) is 0 Å². The van der Waals surface area contributed by atoms with Gasteiger partial charge in [0.1, 0.15) is 0 Å². The zero-order valence-corrected chi connectivity index (χ0v) is 13.7. The highest BCUT2D eigenvalue weighted by atomic mass is 32.2. The predicted molar refractivity (Wildman–Crippen MR) is 94.8 cm³/mol. The lowest BCUT2D eigenvalue weighted by Gasteiger charge is -2.42. The van der Waals surface area contributed by atoms with Crippen LogP contribution in [0.25, 0.3) is 0 Å². The molecule has 2 aliphatic carbocycles. The van der Waals surface area contributed by atoms with E-state index in [9.17, 15) is 4.79 Å². The van der Waals surface area contributed by atoms with Gasteiger partial charge in [-0.25, -0.2) is 4.99 Å². The van der Waals surface area contributed by atoms with Crippen molar-refractivity contribution in [1.29, 1.82) is 0 Å². The fourth-order valence-electron chi connectivity index (χ4n) is 4.36. The Morgan fingerprint density at radius 2 is 2.04 bits per heavy atom. The summed E-state index contributed by atoms with van der Waals surface area (Å²) in [4.78, 5) is 21.9. The van der Waals surface area contributed by atoms with Gasteiger partial charge in [0.15, 0.2) is 5.17 Å². The predicted octanol–water partition coefficient (Wildman–Crippen LogP) is 3.47. The van der Waals surface area contributed by atoms with Crippen molar-refractivity contribution in [3.05, 3.63) is 35.4 Å². The highest BCUT2D eigenvalue weighted by Gasteiger charge is 2.52. The SMILES string of the molecule is C#CCSC1=NC(=O)C2C(=N1)c1ccccc1CC21CCCC1. The first-order valence-corrected chi connectivity index (χ1v) is 9.08. The summed E-state index contributed by atoms with van der Waals surface area (Å²) in [5, 5.41) is 0.518. The molecule has 1 amide bonds. The molecule has 1 saturated carbocycles. The number of amides is 1. The second kappa shape index (κ2) is 5.65. The molecule has 0 saturated heterocycles. The van der Waals surface area contributed by atoms with E-state index in [1.165, 1.54) is 30.2 Å². The first-order chi connectivity index (χ1) is 11.2. The molecule has 1 atom stereocenters. The molecule has 4 rings (SSSR count). The Morgan fingerprint density at radius 1 is 1.26 bits per heavy atom. The molecule has 0 bridgehead atoms. The Balaban J connectivity index is 1.84. The van der Waals surface area contributed by atoms with E-state index in [4.69, 9.17) is 11.4 Å². The Bertz CT molecular complexity index is 766. The van der Waals surface area contributed by atoms with Gasteiger partial charge in [0.2, 0.25) is 0 Å². The topological polar surface area (TPSA) is 41.8 Å². The average Bonchev–Trinajstić information content (AvgIpc) is 3.01. The summed E-state index contributed by atoms with van der Waals surface area (Å²) in [6.07, 6.45) is 10.9. The third kappa shape index (κ3) is 2.35. The Kier molecular flexibility index (Phi) is 3.61. The standard InChI is InChI=1S/C19H18N2OS/c1-2-11-23-18-20-16-14-8-4-3-7-13(14)12-19(9-5-6-10-19)15(16)17(22)21-18/h1,3-4,7-8,15H,5-6,9-12H2. The number of nitrogens with zero attached hydrogens (tertiary/aromatic N) is 2. The normalized spacial score (nSPS) is 24.5.